The van der Waals surface area contributed by atoms with E-state index in [-0.39, 0.29) is 5.82 Å². The van der Waals surface area contributed by atoms with Crippen LogP contribution in [0, 0.1) is 5.82 Å². The first-order chi connectivity index (χ1) is 12.7. The maximum atomic E-state index is 13.0. The number of rotatable bonds is 8. The second-order valence-corrected chi connectivity index (χ2v) is 5.73. The Labute approximate surface area is 152 Å². The van der Waals surface area contributed by atoms with Crippen molar-refractivity contribution in [3.8, 4) is 11.5 Å². The first kappa shape index (κ1) is 17.8. The summed E-state index contributed by atoms with van der Waals surface area (Å²) < 4.78 is 24.1. The van der Waals surface area contributed by atoms with Crippen LogP contribution in [0.4, 0.5) is 10.1 Å². The molecule has 0 bridgehead atoms. The van der Waals surface area contributed by atoms with Gasteiger partial charge < -0.3 is 14.9 Å². The molecule has 2 N–H and O–H groups in total. The number of para-hydroxylation sites is 1. The van der Waals surface area contributed by atoms with Gasteiger partial charge in [0.1, 0.15) is 23.9 Å². The summed E-state index contributed by atoms with van der Waals surface area (Å²) in [6.07, 6.45) is 0. The highest BCUT2D eigenvalue weighted by Gasteiger charge is 2.06. The summed E-state index contributed by atoms with van der Waals surface area (Å²) in [5.41, 5.74) is 9.36. The molecule has 3 aromatic rings. The van der Waals surface area contributed by atoms with Gasteiger partial charge in [0.2, 0.25) is 0 Å². The molecule has 0 fully saturated rings. The van der Waals surface area contributed by atoms with Crippen LogP contribution in [0.2, 0.25) is 0 Å². The molecular weight excluding hydrogens is 331 g/mol. The van der Waals surface area contributed by atoms with Crippen LogP contribution in [0.25, 0.3) is 0 Å². The third-order valence-corrected chi connectivity index (χ3v) is 3.85. The van der Waals surface area contributed by atoms with Crippen molar-refractivity contribution >= 4 is 5.69 Å². The molecule has 0 aromatic heterocycles. The number of benzene rings is 3. The summed E-state index contributed by atoms with van der Waals surface area (Å²) in [5.74, 6) is 1.09. The lowest BCUT2D eigenvalue weighted by atomic mass is 10.1. The smallest absolute Gasteiger partial charge is 0.125 e. The first-order valence-electron chi connectivity index (χ1n) is 8.32. The molecule has 4 nitrogen and oxygen atoms in total. The number of methoxy groups -OCH3 is 1. The number of anilines is 1. The highest BCUT2D eigenvalue weighted by Crippen LogP contribution is 2.22. The molecule has 0 unspecified atom stereocenters. The van der Waals surface area contributed by atoms with Gasteiger partial charge in [-0.3, -0.25) is 0 Å². The second-order valence-electron chi connectivity index (χ2n) is 5.73. The van der Waals surface area contributed by atoms with E-state index in [0.717, 1.165) is 22.6 Å². The monoisotopic (exact) mass is 352 g/mol. The Hall–Kier alpha value is -3.05. The van der Waals surface area contributed by atoms with Crippen LogP contribution in [0.3, 0.4) is 0 Å². The van der Waals surface area contributed by atoms with Crippen LogP contribution in [-0.4, -0.2) is 7.11 Å². The van der Waals surface area contributed by atoms with Gasteiger partial charge in [0, 0.05) is 17.8 Å². The molecule has 0 aliphatic rings. The van der Waals surface area contributed by atoms with Crippen molar-refractivity contribution in [1.82, 2.24) is 5.43 Å². The zero-order valence-electron chi connectivity index (χ0n) is 14.5. The van der Waals surface area contributed by atoms with Crippen LogP contribution in [0.15, 0.2) is 72.8 Å². The fraction of sp³-hybridized carbons (Fsp3) is 0.143. The maximum absolute atomic E-state index is 13.0. The van der Waals surface area contributed by atoms with Crippen LogP contribution >= 0.6 is 0 Å². The molecule has 0 saturated carbocycles. The summed E-state index contributed by atoms with van der Waals surface area (Å²) in [4.78, 5) is 0. The molecule has 0 spiro atoms. The number of halogens is 1. The van der Waals surface area contributed by atoms with Gasteiger partial charge in [0.05, 0.1) is 7.11 Å². The van der Waals surface area contributed by atoms with Crippen molar-refractivity contribution < 1.29 is 13.9 Å². The third kappa shape index (κ3) is 4.97. The van der Waals surface area contributed by atoms with Crippen molar-refractivity contribution in [2.45, 2.75) is 13.2 Å². The van der Waals surface area contributed by atoms with E-state index in [0.29, 0.717) is 18.9 Å². The quantitative estimate of drug-likeness (QED) is 0.585. The van der Waals surface area contributed by atoms with Crippen molar-refractivity contribution in [2.24, 2.45) is 0 Å². The average Bonchev–Trinajstić information content (AvgIpc) is 2.68. The molecule has 3 aromatic carbocycles. The summed E-state index contributed by atoms with van der Waals surface area (Å²) in [5, 5.41) is 0. The predicted molar refractivity (Wildman–Crippen MR) is 101 cm³/mol. The van der Waals surface area contributed by atoms with Gasteiger partial charge in [-0.05, 0) is 54.1 Å². The van der Waals surface area contributed by atoms with E-state index in [1.807, 2.05) is 48.5 Å². The van der Waals surface area contributed by atoms with Gasteiger partial charge in [0.25, 0.3) is 0 Å². The minimum atomic E-state index is -0.283. The molecule has 0 saturated heterocycles. The van der Waals surface area contributed by atoms with E-state index in [1.54, 1.807) is 19.2 Å². The Morgan fingerprint density at radius 1 is 0.923 bits per heavy atom. The number of nitrogens with one attached hydrogen (secondary N) is 2. The highest BCUT2D eigenvalue weighted by atomic mass is 19.1. The molecule has 5 heteroatoms. The molecule has 0 radical (unpaired) electrons. The topological polar surface area (TPSA) is 42.5 Å². The number of hydrogen-bond donors (Lipinski definition) is 2. The molecular formula is C21H21FN2O2. The largest absolute Gasteiger partial charge is 0.496 e. The predicted octanol–water partition coefficient (Wildman–Crippen LogP) is 4.53. The van der Waals surface area contributed by atoms with Crippen LogP contribution in [0.1, 0.15) is 11.1 Å². The Balaban J connectivity index is 1.61. The van der Waals surface area contributed by atoms with Crippen LogP contribution < -0.4 is 20.3 Å². The molecule has 0 aliphatic carbocycles. The summed E-state index contributed by atoms with van der Waals surface area (Å²) >= 11 is 0. The normalized spacial score (nSPS) is 10.4. The van der Waals surface area contributed by atoms with Gasteiger partial charge in [-0.25, -0.2) is 9.82 Å². The second kappa shape index (κ2) is 8.87. The molecule has 134 valence electrons. The Kier molecular flexibility index (Phi) is 6.06. The Morgan fingerprint density at radius 2 is 1.69 bits per heavy atom. The maximum Gasteiger partial charge on any atom is 0.125 e. The minimum absolute atomic E-state index is 0.283. The van der Waals surface area contributed by atoms with E-state index < -0.39 is 0 Å². The molecule has 0 heterocycles. The van der Waals surface area contributed by atoms with E-state index in [9.17, 15) is 4.39 Å². The van der Waals surface area contributed by atoms with Crippen LogP contribution in [-0.2, 0) is 13.2 Å². The van der Waals surface area contributed by atoms with E-state index in [1.165, 1.54) is 12.1 Å². The molecule has 3 rings (SSSR count). The molecule has 26 heavy (non-hydrogen) atoms. The summed E-state index contributed by atoms with van der Waals surface area (Å²) in [6, 6.07) is 21.8. The van der Waals surface area contributed by atoms with Crippen LogP contribution in [0.5, 0.6) is 11.5 Å². The van der Waals surface area contributed by atoms with E-state index in [4.69, 9.17) is 9.47 Å². The lowest BCUT2D eigenvalue weighted by Crippen LogP contribution is -2.20. The summed E-state index contributed by atoms with van der Waals surface area (Å²) in [6.45, 7) is 0.983. The van der Waals surface area contributed by atoms with Gasteiger partial charge in [-0.2, -0.15) is 0 Å². The number of ether oxygens (including phenoxy) is 2. The lowest BCUT2D eigenvalue weighted by Gasteiger charge is -2.13. The van der Waals surface area contributed by atoms with Crippen molar-refractivity contribution in [3.63, 3.8) is 0 Å². The number of hydrazine groups is 1. The summed E-state index contributed by atoms with van der Waals surface area (Å²) in [7, 11) is 1.63. The standard InChI is InChI=1S/C21H21FN2O2/c1-25-21-12-7-16(14-23-24-19-5-3-2-4-6-19)13-17(21)15-26-20-10-8-18(22)9-11-20/h2-13,23-24H,14-15H2,1H3. The SMILES string of the molecule is COc1ccc(CNNc2ccccc2)cc1COc1ccc(F)cc1. The molecule has 0 atom stereocenters. The van der Waals surface area contributed by atoms with Crippen molar-refractivity contribution in [3.05, 3.63) is 89.7 Å². The van der Waals surface area contributed by atoms with Crippen molar-refractivity contribution in [2.75, 3.05) is 12.5 Å². The first-order valence-corrected chi connectivity index (χ1v) is 8.32. The number of hydrogen-bond acceptors (Lipinski definition) is 4. The zero-order chi connectivity index (χ0) is 18.2. The Bertz CT molecular complexity index is 823. The zero-order valence-corrected chi connectivity index (χ0v) is 14.5. The van der Waals surface area contributed by atoms with Gasteiger partial charge in [-0.15, -0.1) is 0 Å². The molecule has 0 amide bonds. The van der Waals surface area contributed by atoms with E-state index in [2.05, 4.69) is 10.9 Å². The molecule has 0 aliphatic heterocycles. The fourth-order valence-corrected chi connectivity index (χ4v) is 2.52. The van der Waals surface area contributed by atoms with E-state index >= 15 is 0 Å². The van der Waals surface area contributed by atoms with Gasteiger partial charge in [-0.1, -0.05) is 24.3 Å². The minimum Gasteiger partial charge on any atom is -0.496 e. The Morgan fingerprint density at radius 3 is 2.42 bits per heavy atom. The third-order valence-electron chi connectivity index (χ3n) is 3.85. The fourth-order valence-electron chi connectivity index (χ4n) is 2.52. The van der Waals surface area contributed by atoms with Crippen molar-refractivity contribution in [1.29, 1.82) is 0 Å². The lowest BCUT2D eigenvalue weighted by molar-refractivity contribution is 0.296. The highest BCUT2D eigenvalue weighted by molar-refractivity contribution is 5.42. The van der Waals surface area contributed by atoms with Gasteiger partial charge >= 0.3 is 0 Å². The average molecular weight is 352 g/mol. The van der Waals surface area contributed by atoms with Gasteiger partial charge in [0.15, 0.2) is 0 Å².